The van der Waals surface area contributed by atoms with Gasteiger partial charge in [-0.25, -0.2) is 8.97 Å². The largest absolute Gasteiger partial charge is 1.00 e. The number of carbonyl (C=O) groups is 5. The second kappa shape index (κ2) is 28.6. The first kappa shape index (κ1) is 62.5. The molecule has 6 rings (SSSR count). The zero-order chi connectivity index (χ0) is 46.4. The Hall–Kier alpha value is -1.60. The number of carboxylic acid groups (broad SMARTS) is 5. The van der Waals surface area contributed by atoms with Gasteiger partial charge in [0, 0.05) is 65.7 Å². The summed E-state index contributed by atoms with van der Waals surface area (Å²) in [6.07, 6.45) is 0. The van der Waals surface area contributed by atoms with E-state index in [0.717, 1.165) is 27.6 Å². The molecule has 0 bridgehead atoms. The Morgan fingerprint density at radius 2 is 1.24 bits per heavy atom. The zero-order valence-electron chi connectivity index (χ0n) is 38.9. The molecule has 0 saturated carbocycles. The Bertz CT molecular complexity index is 2830. The summed E-state index contributed by atoms with van der Waals surface area (Å²) in [5.74, 6) is -8.49. The third kappa shape index (κ3) is 16.2. The van der Waals surface area contributed by atoms with E-state index in [2.05, 4.69) is 0 Å². The third-order valence-corrected chi connectivity index (χ3v) is 9.96. The van der Waals surface area contributed by atoms with E-state index in [9.17, 15) is 53.9 Å². The number of anilines is 3. The van der Waals surface area contributed by atoms with Crippen molar-refractivity contribution in [1.82, 2.24) is 4.58 Å². The molecule has 0 N–H and O–H groups in total. The number of carboxylic acids is 5. The van der Waals surface area contributed by atoms with Crippen molar-refractivity contribution in [2.24, 2.45) is 0 Å². The van der Waals surface area contributed by atoms with Crippen LogP contribution in [0.2, 0.25) is 0 Å². The van der Waals surface area contributed by atoms with Gasteiger partial charge in [-0.3, -0.25) is 0 Å². The van der Waals surface area contributed by atoms with Crippen molar-refractivity contribution in [3.8, 4) is 45.1 Å². The van der Waals surface area contributed by atoms with E-state index in [1.165, 1.54) is 24.3 Å². The van der Waals surface area contributed by atoms with E-state index in [1.54, 1.807) is 55.1 Å². The maximum Gasteiger partial charge on any atom is 1.00 e. The average Bonchev–Trinajstić information content (AvgIpc) is 3.22. The molecular weight excluding hydrogens is 992 g/mol. The van der Waals surface area contributed by atoms with Gasteiger partial charge < -0.3 is 78.1 Å². The van der Waals surface area contributed by atoms with Crippen LogP contribution in [0.15, 0.2) is 95.4 Å². The third-order valence-electron chi connectivity index (χ3n) is 9.96. The molecule has 0 spiro atoms. The van der Waals surface area contributed by atoms with Crippen LogP contribution in [0.25, 0.3) is 44.5 Å². The van der Waals surface area contributed by atoms with Crippen LogP contribution in [0.1, 0.15) is 10.4 Å². The molecular formula is C46H39FK4N4O13. The van der Waals surface area contributed by atoms with Crippen molar-refractivity contribution in [2.75, 3.05) is 82.3 Å². The van der Waals surface area contributed by atoms with Crippen molar-refractivity contribution in [3.63, 3.8) is 0 Å². The van der Waals surface area contributed by atoms with Gasteiger partial charge in [0.25, 0.3) is 0 Å². The first-order chi connectivity index (χ1) is 30.4. The minimum atomic E-state index is -1.62. The Labute approximate surface area is 560 Å². The number of halogens is 1. The minimum absolute atomic E-state index is 0. The molecule has 4 aromatic carbocycles. The molecule has 4 aromatic rings. The second-order valence-electron chi connectivity index (χ2n) is 14.9. The zero-order valence-corrected chi connectivity index (χ0v) is 51.4. The summed E-state index contributed by atoms with van der Waals surface area (Å²) in [4.78, 5) is 62.6. The molecule has 0 radical (unpaired) electrons. The van der Waals surface area contributed by atoms with Gasteiger partial charge in [-0.15, -0.1) is 0 Å². The molecule has 17 nitrogen and oxygen atoms in total. The summed E-state index contributed by atoms with van der Waals surface area (Å²) >= 11 is 0. The van der Waals surface area contributed by atoms with Gasteiger partial charge in [-0.2, -0.15) is 0 Å². The van der Waals surface area contributed by atoms with Gasteiger partial charge >= 0.3 is 206 Å². The van der Waals surface area contributed by atoms with Gasteiger partial charge in [0.15, 0.2) is 0 Å². The van der Waals surface area contributed by atoms with Crippen molar-refractivity contribution in [3.05, 3.63) is 108 Å². The number of ether oxygens (including phenoxy) is 2. The summed E-state index contributed by atoms with van der Waals surface area (Å²) in [6.45, 7) is -4.13. The first-order valence-electron chi connectivity index (χ1n) is 19.4. The molecule has 0 aromatic heterocycles. The molecule has 332 valence electrons. The number of fused-ring (bicyclic) bond motifs is 2. The Morgan fingerprint density at radius 1 is 0.632 bits per heavy atom. The second-order valence-corrected chi connectivity index (χ2v) is 14.9. The van der Waals surface area contributed by atoms with Crippen LogP contribution in [-0.4, -0.2) is 97.4 Å². The van der Waals surface area contributed by atoms with Crippen molar-refractivity contribution >= 4 is 57.9 Å². The van der Waals surface area contributed by atoms with E-state index in [1.807, 2.05) is 37.2 Å². The number of rotatable bonds is 19. The van der Waals surface area contributed by atoms with E-state index in [-0.39, 0.29) is 247 Å². The molecule has 0 unspecified atom stereocenters. The predicted octanol–water partition coefficient (Wildman–Crippen LogP) is -13.4. The number of hydrogen-bond acceptors (Lipinski definition) is 16. The molecule has 0 amide bonds. The van der Waals surface area contributed by atoms with Gasteiger partial charge in [0.1, 0.15) is 56.0 Å². The van der Waals surface area contributed by atoms with E-state index >= 15 is 0 Å². The fraction of sp³-hybridized carbons (Fsp3) is 0.217. The van der Waals surface area contributed by atoms with Gasteiger partial charge in [-0.05, 0) is 47.5 Å². The molecule has 1 aliphatic carbocycles. The van der Waals surface area contributed by atoms with Crippen molar-refractivity contribution < 1.29 is 273 Å². The molecule has 1 aliphatic heterocycles. The number of hydrogen-bond donors (Lipinski definition) is 0. The van der Waals surface area contributed by atoms with Crippen LogP contribution in [0.4, 0.5) is 21.5 Å². The predicted molar refractivity (Wildman–Crippen MR) is 221 cm³/mol. The molecule has 22 heteroatoms. The smallest absolute Gasteiger partial charge is 0.548 e. The maximum atomic E-state index is 14.6. The van der Waals surface area contributed by atoms with Gasteiger partial charge in [-0.1, -0.05) is 30.3 Å². The summed E-state index contributed by atoms with van der Waals surface area (Å²) in [5, 5.41) is 60.1. The number of nitrogens with zero attached hydrogens (tertiary/aromatic N) is 4. The Morgan fingerprint density at radius 3 is 1.82 bits per heavy atom. The van der Waals surface area contributed by atoms with Crippen molar-refractivity contribution in [1.29, 1.82) is 0 Å². The number of aromatic carboxylic acids is 1. The quantitative estimate of drug-likeness (QED) is 0.0317. The molecule has 68 heavy (non-hydrogen) atoms. The fourth-order valence-corrected chi connectivity index (χ4v) is 7.23. The van der Waals surface area contributed by atoms with Crippen molar-refractivity contribution in [2.45, 2.75) is 0 Å². The van der Waals surface area contributed by atoms with Crippen LogP contribution in [0.5, 0.6) is 11.5 Å². The summed E-state index contributed by atoms with van der Waals surface area (Å²) in [6, 6.07) is 23.2. The van der Waals surface area contributed by atoms with Crippen LogP contribution in [0.3, 0.4) is 0 Å². The van der Waals surface area contributed by atoms with E-state index in [0.29, 0.717) is 49.9 Å². The van der Waals surface area contributed by atoms with E-state index < -0.39 is 61.8 Å². The molecule has 2 aliphatic rings. The maximum absolute atomic E-state index is 14.6. The average molecular weight is 1030 g/mol. The fourth-order valence-electron chi connectivity index (χ4n) is 7.23. The normalized spacial score (nSPS) is 10.3. The number of carbonyl (C=O) groups excluding carboxylic acids is 5. The van der Waals surface area contributed by atoms with E-state index in [4.69, 9.17) is 13.9 Å². The Kier molecular flexibility index (Phi) is 26.3. The molecule has 0 atom stereocenters. The summed E-state index contributed by atoms with van der Waals surface area (Å²) < 4.78 is 34.5. The monoisotopic (exact) mass is 1030 g/mol. The number of aliphatic carboxylic acids is 4. The summed E-state index contributed by atoms with van der Waals surface area (Å²) in [5.41, 5.74) is 3.45. The molecule has 1 heterocycles. The minimum Gasteiger partial charge on any atom is -0.548 e. The number of benzene rings is 5. The topological polar surface area (TPSA) is 245 Å². The standard InChI is InChI=1S/C46H43FN4O13.4K/c1-48(2)28-10-11-33-39(19-28)64-40-21-36(49(3)4)34(20-35(40)45(33)31-7-5-6-8-32(31)46(60)61)26-9-12-38(37(15-26)51(24-43(56)57)25-44(58)59)63-14-13-62-30-17-27(47)16-29(18-30)50(22-41(52)53)23-42(54)55;;;;/h5-12,15-21H,13-14,22-25H2,1-4H3,(H4-,52,53,54,55,56,57,58,59,60,61);;;;/q;4*+1/p-4. The summed E-state index contributed by atoms with van der Waals surface area (Å²) in [7, 11) is 7.31. The molecule has 0 fully saturated rings. The van der Waals surface area contributed by atoms with Gasteiger partial charge in [0.05, 0.1) is 73.3 Å². The molecule has 0 saturated heterocycles. The Balaban J connectivity index is 0.00000397. The van der Waals surface area contributed by atoms with Gasteiger partial charge in [0.2, 0.25) is 5.36 Å². The van der Waals surface area contributed by atoms with Crippen LogP contribution >= 0.6 is 0 Å². The SMILES string of the molecule is CN(C)c1ccc2c(-c3ccccc3C(=O)[O-])c3cc(-c4ccc(OCCOc5cc(F)cc(N(CC(=O)[O-])CC(=O)[O-])c5)c(N(CC(=O)[O-])CC(=O)[O-])c4)c(=[N+](C)C)cc-3oc2c1.[K+].[K+].[K+].[K+]. The van der Waals surface area contributed by atoms with Crippen LogP contribution in [0, 0.1) is 5.82 Å². The first-order valence-corrected chi connectivity index (χ1v) is 19.4. The van der Waals surface area contributed by atoms with Crippen LogP contribution < -0.4 is 265 Å². The van der Waals surface area contributed by atoms with Crippen LogP contribution in [-0.2, 0) is 19.2 Å².